The van der Waals surface area contributed by atoms with E-state index in [-0.39, 0.29) is 5.91 Å². The van der Waals surface area contributed by atoms with E-state index >= 15 is 0 Å². The van der Waals surface area contributed by atoms with Gasteiger partial charge in [0, 0.05) is 23.1 Å². The van der Waals surface area contributed by atoms with E-state index in [0.717, 1.165) is 10.0 Å². The topological polar surface area (TPSA) is 54.9 Å². The number of hydrogen-bond acceptors (Lipinski definition) is 3. The second-order valence-corrected chi connectivity index (χ2v) is 4.37. The first kappa shape index (κ1) is 11.7. The van der Waals surface area contributed by atoms with Gasteiger partial charge in [-0.2, -0.15) is 0 Å². The molecule has 0 saturated heterocycles. The van der Waals surface area contributed by atoms with Crippen LogP contribution < -0.4 is 5.32 Å². The Morgan fingerprint density at radius 3 is 2.88 bits per heavy atom. The molecule has 1 amide bonds. The normalized spacial score (nSPS) is 10.0. The summed E-state index contributed by atoms with van der Waals surface area (Å²) >= 11 is 3.36. The van der Waals surface area contributed by atoms with Gasteiger partial charge in [0.1, 0.15) is 5.82 Å². The molecule has 0 unspecified atom stereocenters. The molecule has 2 rings (SSSR count). The lowest BCUT2D eigenvalue weighted by Gasteiger charge is -2.05. The van der Waals surface area contributed by atoms with E-state index in [0.29, 0.717) is 11.4 Å². The zero-order valence-electron chi connectivity index (χ0n) is 9.14. The summed E-state index contributed by atoms with van der Waals surface area (Å²) in [6.45, 7) is 1.94. The molecule has 2 aromatic rings. The van der Waals surface area contributed by atoms with E-state index in [1.165, 1.54) is 6.20 Å². The van der Waals surface area contributed by atoms with Gasteiger partial charge in [0.25, 0.3) is 5.91 Å². The zero-order chi connectivity index (χ0) is 12.3. The van der Waals surface area contributed by atoms with Crippen LogP contribution >= 0.6 is 15.9 Å². The lowest BCUT2D eigenvalue weighted by atomic mass is 10.2. The quantitative estimate of drug-likeness (QED) is 0.926. The van der Waals surface area contributed by atoms with Crippen molar-refractivity contribution in [2.24, 2.45) is 0 Å². The molecule has 2 aromatic heterocycles. The van der Waals surface area contributed by atoms with Crippen LogP contribution in [0.4, 0.5) is 5.82 Å². The number of nitrogens with zero attached hydrogens (tertiary/aromatic N) is 2. The van der Waals surface area contributed by atoms with E-state index in [1.807, 2.05) is 6.92 Å². The minimum atomic E-state index is -0.215. The highest BCUT2D eigenvalue weighted by Crippen LogP contribution is 2.17. The largest absolute Gasteiger partial charge is 0.307 e. The van der Waals surface area contributed by atoms with Crippen LogP contribution in [0.2, 0.25) is 0 Å². The summed E-state index contributed by atoms with van der Waals surface area (Å²) in [7, 11) is 0. The Morgan fingerprint density at radius 2 is 2.24 bits per heavy atom. The molecule has 0 fully saturated rings. The molecule has 2 heterocycles. The summed E-state index contributed by atoms with van der Waals surface area (Å²) in [6, 6.07) is 5.22. The number of nitrogens with one attached hydrogen (secondary N) is 1. The molecular weight excluding hydrogens is 282 g/mol. The number of hydrogen-bond donors (Lipinski definition) is 1. The van der Waals surface area contributed by atoms with E-state index < -0.39 is 0 Å². The van der Waals surface area contributed by atoms with Crippen LogP contribution in [0, 0.1) is 6.92 Å². The van der Waals surface area contributed by atoms with Crippen LogP contribution in [-0.2, 0) is 0 Å². The number of carbonyl (C=O) groups excluding carboxylic acids is 1. The third kappa shape index (κ3) is 2.88. The van der Waals surface area contributed by atoms with Crippen molar-refractivity contribution in [3.63, 3.8) is 0 Å². The maximum atomic E-state index is 11.8. The minimum absolute atomic E-state index is 0.215. The molecule has 0 aliphatic rings. The molecular formula is C12H10BrN3O. The van der Waals surface area contributed by atoms with Crippen molar-refractivity contribution in [1.29, 1.82) is 0 Å². The Balaban J connectivity index is 2.16. The number of rotatable bonds is 2. The molecule has 0 spiro atoms. The van der Waals surface area contributed by atoms with Crippen LogP contribution in [0.25, 0.3) is 0 Å². The molecule has 5 heteroatoms. The predicted molar refractivity (Wildman–Crippen MR) is 68.9 cm³/mol. The standard InChI is InChI=1S/C12H10BrN3O/c1-8-5-11(15-7-10(8)13)16-12(17)9-3-2-4-14-6-9/h2-7H,1H3,(H,15,16,17). The molecule has 1 N–H and O–H groups in total. The smallest absolute Gasteiger partial charge is 0.258 e. The van der Waals surface area contributed by atoms with Crippen molar-refractivity contribution >= 4 is 27.7 Å². The fourth-order valence-corrected chi connectivity index (χ4v) is 1.51. The summed E-state index contributed by atoms with van der Waals surface area (Å²) in [5.41, 5.74) is 1.52. The fraction of sp³-hybridized carbons (Fsp3) is 0.0833. The van der Waals surface area contributed by atoms with Gasteiger partial charge in [0.05, 0.1) is 5.56 Å². The van der Waals surface area contributed by atoms with Crippen molar-refractivity contribution in [2.75, 3.05) is 5.32 Å². The average molecular weight is 292 g/mol. The third-order valence-corrected chi connectivity index (χ3v) is 3.04. The molecule has 0 radical (unpaired) electrons. The molecule has 0 atom stereocenters. The van der Waals surface area contributed by atoms with Crippen molar-refractivity contribution in [1.82, 2.24) is 9.97 Å². The Kier molecular flexibility index (Phi) is 3.49. The van der Waals surface area contributed by atoms with Gasteiger partial charge in [0.15, 0.2) is 0 Å². The van der Waals surface area contributed by atoms with Crippen molar-refractivity contribution in [3.05, 3.63) is 52.4 Å². The fourth-order valence-electron chi connectivity index (χ4n) is 1.29. The van der Waals surface area contributed by atoms with Gasteiger partial charge in [-0.3, -0.25) is 9.78 Å². The number of anilines is 1. The first-order valence-electron chi connectivity index (χ1n) is 5.00. The zero-order valence-corrected chi connectivity index (χ0v) is 10.7. The number of amides is 1. The summed E-state index contributed by atoms with van der Waals surface area (Å²) < 4.78 is 0.914. The molecule has 0 aromatic carbocycles. The Hall–Kier alpha value is -1.75. The monoisotopic (exact) mass is 291 g/mol. The number of carbonyl (C=O) groups is 1. The lowest BCUT2D eigenvalue weighted by molar-refractivity contribution is 0.102. The van der Waals surface area contributed by atoms with Gasteiger partial charge >= 0.3 is 0 Å². The minimum Gasteiger partial charge on any atom is -0.307 e. The molecule has 0 aliphatic heterocycles. The summed E-state index contributed by atoms with van der Waals surface area (Å²) in [6.07, 6.45) is 4.80. The number of aromatic nitrogens is 2. The summed E-state index contributed by atoms with van der Waals surface area (Å²) in [4.78, 5) is 19.8. The Labute approximate surface area is 107 Å². The van der Waals surface area contributed by atoms with E-state index in [9.17, 15) is 4.79 Å². The van der Waals surface area contributed by atoms with Gasteiger partial charge in [-0.05, 0) is 46.6 Å². The van der Waals surface area contributed by atoms with Crippen LogP contribution in [0.15, 0.2) is 41.3 Å². The molecule has 0 aliphatic carbocycles. The van der Waals surface area contributed by atoms with Crippen molar-refractivity contribution < 1.29 is 4.79 Å². The maximum Gasteiger partial charge on any atom is 0.258 e. The SMILES string of the molecule is Cc1cc(NC(=O)c2cccnc2)ncc1Br. The predicted octanol–water partition coefficient (Wildman–Crippen LogP) is 2.80. The third-order valence-electron chi connectivity index (χ3n) is 2.21. The van der Waals surface area contributed by atoms with Crippen molar-refractivity contribution in [3.8, 4) is 0 Å². The number of aryl methyl sites for hydroxylation is 1. The van der Waals surface area contributed by atoms with E-state index in [4.69, 9.17) is 0 Å². The van der Waals surface area contributed by atoms with Gasteiger partial charge in [0.2, 0.25) is 0 Å². The molecule has 17 heavy (non-hydrogen) atoms. The summed E-state index contributed by atoms with van der Waals surface area (Å²) in [5, 5.41) is 2.72. The highest BCUT2D eigenvalue weighted by molar-refractivity contribution is 9.10. The first-order chi connectivity index (χ1) is 8.16. The van der Waals surface area contributed by atoms with Gasteiger partial charge < -0.3 is 5.32 Å². The highest BCUT2D eigenvalue weighted by Gasteiger charge is 2.07. The van der Waals surface area contributed by atoms with Crippen LogP contribution in [0.5, 0.6) is 0 Å². The first-order valence-corrected chi connectivity index (χ1v) is 5.79. The molecule has 4 nitrogen and oxygen atoms in total. The van der Waals surface area contributed by atoms with E-state index in [1.54, 1.807) is 30.6 Å². The van der Waals surface area contributed by atoms with Crippen LogP contribution in [0.3, 0.4) is 0 Å². The van der Waals surface area contributed by atoms with Crippen LogP contribution in [-0.4, -0.2) is 15.9 Å². The second-order valence-electron chi connectivity index (χ2n) is 3.51. The van der Waals surface area contributed by atoms with Gasteiger partial charge in [-0.1, -0.05) is 0 Å². The summed E-state index contributed by atoms with van der Waals surface area (Å²) in [5.74, 6) is 0.312. The molecule has 86 valence electrons. The second kappa shape index (κ2) is 5.05. The lowest BCUT2D eigenvalue weighted by Crippen LogP contribution is -2.13. The number of halogens is 1. The van der Waals surface area contributed by atoms with Crippen LogP contribution in [0.1, 0.15) is 15.9 Å². The maximum absolute atomic E-state index is 11.8. The Bertz CT molecular complexity index is 543. The Morgan fingerprint density at radius 1 is 1.41 bits per heavy atom. The molecule has 0 bridgehead atoms. The average Bonchev–Trinajstić information content (AvgIpc) is 2.35. The highest BCUT2D eigenvalue weighted by atomic mass is 79.9. The molecule has 0 saturated carbocycles. The van der Waals surface area contributed by atoms with Gasteiger partial charge in [-0.25, -0.2) is 4.98 Å². The van der Waals surface area contributed by atoms with E-state index in [2.05, 4.69) is 31.2 Å². The number of pyridine rings is 2. The van der Waals surface area contributed by atoms with Crippen molar-refractivity contribution in [2.45, 2.75) is 6.92 Å². The van der Waals surface area contributed by atoms with Gasteiger partial charge in [-0.15, -0.1) is 0 Å².